The zero-order valence-corrected chi connectivity index (χ0v) is 25.5. The van der Waals surface area contributed by atoms with Crippen molar-refractivity contribution in [2.75, 3.05) is 0 Å². The highest BCUT2D eigenvalue weighted by Crippen LogP contribution is 2.23. The first kappa shape index (κ1) is 33.9. The van der Waals surface area contributed by atoms with Crippen LogP contribution in [0.5, 0.6) is 11.5 Å². The molecule has 5 rings (SSSR count). The highest BCUT2D eigenvalue weighted by molar-refractivity contribution is 7.85. The van der Waals surface area contributed by atoms with Crippen LogP contribution in [0.3, 0.4) is 0 Å². The first-order valence-corrected chi connectivity index (χ1v) is 15.5. The zero-order valence-electron chi connectivity index (χ0n) is 24.7. The number of hydrogen-bond acceptors (Lipinski definition) is 8. The minimum absolute atomic E-state index is 0.0666. The van der Waals surface area contributed by atoms with E-state index in [-0.39, 0.29) is 17.3 Å². The van der Waals surface area contributed by atoms with Crippen molar-refractivity contribution in [1.29, 1.82) is 0 Å². The molecule has 242 valence electrons. The molecule has 0 fully saturated rings. The SMILES string of the molecule is Cc1ccc(S(=O)(=O)O)cc1.FC(F)(F)Oc1ccc(/C=C/c2nc(COc3ccc(CCCCn4ccnn4)cc3)co2)cc1. The quantitative estimate of drug-likeness (QED) is 0.110. The number of aromatic nitrogens is 4. The van der Waals surface area contributed by atoms with Crippen molar-refractivity contribution in [3.8, 4) is 11.5 Å². The van der Waals surface area contributed by atoms with Crippen LogP contribution in [0.1, 0.15) is 41.1 Å². The fourth-order valence-electron chi connectivity index (χ4n) is 3.99. The molecular formula is C32H31F3N4O6S. The van der Waals surface area contributed by atoms with Gasteiger partial charge in [0.1, 0.15) is 30.1 Å². The van der Waals surface area contributed by atoms with Gasteiger partial charge in [-0.3, -0.25) is 9.23 Å². The summed E-state index contributed by atoms with van der Waals surface area (Å²) in [5, 5.41) is 7.75. The Hall–Kier alpha value is -4.95. The Bertz CT molecular complexity index is 1770. The zero-order chi connectivity index (χ0) is 33.0. The van der Waals surface area contributed by atoms with Gasteiger partial charge in [-0.15, -0.1) is 18.3 Å². The van der Waals surface area contributed by atoms with Crippen LogP contribution in [0.15, 0.2) is 101 Å². The number of nitrogens with zero attached hydrogens (tertiary/aromatic N) is 4. The lowest BCUT2D eigenvalue weighted by Gasteiger charge is -2.08. The average Bonchev–Trinajstić information content (AvgIpc) is 3.70. The number of oxazole rings is 1. The van der Waals surface area contributed by atoms with Crippen LogP contribution < -0.4 is 9.47 Å². The molecule has 0 saturated heterocycles. The molecule has 0 saturated carbocycles. The molecule has 0 spiro atoms. The third kappa shape index (κ3) is 11.9. The first-order valence-electron chi connectivity index (χ1n) is 14.0. The summed E-state index contributed by atoms with van der Waals surface area (Å²) in [6.45, 7) is 2.95. The van der Waals surface area contributed by atoms with Crippen molar-refractivity contribution in [1.82, 2.24) is 20.0 Å². The van der Waals surface area contributed by atoms with Crippen molar-refractivity contribution in [3.05, 3.63) is 120 Å². The Balaban J connectivity index is 0.000000369. The highest BCUT2D eigenvalue weighted by Gasteiger charge is 2.30. The molecule has 1 N–H and O–H groups in total. The van der Waals surface area contributed by atoms with Crippen molar-refractivity contribution in [2.45, 2.75) is 50.6 Å². The van der Waals surface area contributed by atoms with Gasteiger partial charge < -0.3 is 13.9 Å². The maximum atomic E-state index is 12.2. The van der Waals surface area contributed by atoms with Crippen LogP contribution in [0.4, 0.5) is 13.2 Å². The smallest absolute Gasteiger partial charge is 0.487 e. The monoisotopic (exact) mass is 656 g/mol. The lowest BCUT2D eigenvalue weighted by Crippen LogP contribution is -2.16. The van der Waals surface area contributed by atoms with Gasteiger partial charge in [-0.25, -0.2) is 4.98 Å². The predicted molar refractivity (Wildman–Crippen MR) is 163 cm³/mol. The second-order valence-electron chi connectivity index (χ2n) is 9.97. The van der Waals surface area contributed by atoms with Gasteiger partial charge in [0.25, 0.3) is 10.1 Å². The van der Waals surface area contributed by atoms with Gasteiger partial charge in [0.2, 0.25) is 5.89 Å². The average molecular weight is 657 g/mol. The van der Waals surface area contributed by atoms with Gasteiger partial charge in [-0.1, -0.05) is 47.2 Å². The van der Waals surface area contributed by atoms with Crippen LogP contribution in [-0.4, -0.2) is 39.3 Å². The molecular weight excluding hydrogens is 625 g/mol. The number of aryl methyl sites for hydroxylation is 3. The van der Waals surface area contributed by atoms with E-state index >= 15 is 0 Å². The second-order valence-corrected chi connectivity index (χ2v) is 11.4. The van der Waals surface area contributed by atoms with E-state index in [4.69, 9.17) is 13.7 Å². The summed E-state index contributed by atoms with van der Waals surface area (Å²) >= 11 is 0. The molecule has 0 unspecified atom stereocenters. The Morgan fingerprint density at radius 3 is 2.26 bits per heavy atom. The fraction of sp³-hybridized carbons (Fsp3) is 0.219. The highest BCUT2D eigenvalue weighted by atomic mass is 32.2. The Morgan fingerprint density at radius 1 is 0.935 bits per heavy atom. The van der Waals surface area contributed by atoms with Crippen molar-refractivity contribution >= 4 is 22.3 Å². The van der Waals surface area contributed by atoms with Crippen molar-refractivity contribution < 1.29 is 40.0 Å². The Labute approximate surface area is 263 Å². The number of alkyl halides is 3. The van der Waals surface area contributed by atoms with Gasteiger partial charge in [0, 0.05) is 18.8 Å². The van der Waals surface area contributed by atoms with Gasteiger partial charge in [0.05, 0.1) is 11.1 Å². The summed E-state index contributed by atoms with van der Waals surface area (Å²) in [5.74, 6) is 0.819. The van der Waals surface area contributed by atoms with E-state index < -0.39 is 16.5 Å². The molecule has 46 heavy (non-hydrogen) atoms. The number of ether oxygens (including phenoxy) is 2. The number of hydrogen-bond donors (Lipinski definition) is 1. The van der Waals surface area contributed by atoms with Gasteiger partial charge in [-0.05, 0) is 79.8 Å². The van der Waals surface area contributed by atoms with E-state index in [1.165, 1.54) is 48.2 Å². The topological polar surface area (TPSA) is 130 Å². The van der Waals surface area contributed by atoms with E-state index in [1.54, 1.807) is 30.5 Å². The largest absolute Gasteiger partial charge is 0.573 e. The van der Waals surface area contributed by atoms with Gasteiger partial charge >= 0.3 is 6.36 Å². The fourth-order valence-corrected chi connectivity index (χ4v) is 4.47. The molecule has 0 radical (unpaired) electrons. The second kappa shape index (κ2) is 15.9. The Morgan fingerprint density at radius 2 is 1.63 bits per heavy atom. The van der Waals surface area contributed by atoms with Crippen molar-refractivity contribution in [3.63, 3.8) is 0 Å². The van der Waals surface area contributed by atoms with Crippen LogP contribution in [0.25, 0.3) is 12.2 Å². The number of benzene rings is 3. The number of unbranched alkanes of at least 4 members (excludes halogenated alkanes) is 1. The molecule has 0 amide bonds. The summed E-state index contributed by atoms with van der Waals surface area (Å²) < 4.78 is 83.1. The van der Waals surface area contributed by atoms with Crippen molar-refractivity contribution in [2.24, 2.45) is 0 Å². The van der Waals surface area contributed by atoms with E-state index in [2.05, 4.69) is 20.0 Å². The minimum Gasteiger partial charge on any atom is -0.487 e. The minimum atomic E-state index is -4.71. The van der Waals surface area contributed by atoms with Gasteiger partial charge in [0.15, 0.2) is 0 Å². The van der Waals surface area contributed by atoms with Crippen LogP contribution in [0, 0.1) is 6.92 Å². The molecule has 0 aliphatic rings. The van der Waals surface area contributed by atoms with Crippen LogP contribution in [0.2, 0.25) is 0 Å². The Kier molecular flexibility index (Phi) is 11.7. The summed E-state index contributed by atoms with van der Waals surface area (Å²) in [7, 11) is -4.02. The van der Waals surface area contributed by atoms with Crippen LogP contribution >= 0.6 is 0 Å². The van der Waals surface area contributed by atoms with E-state index in [9.17, 15) is 21.6 Å². The molecule has 2 heterocycles. The first-order chi connectivity index (χ1) is 21.9. The standard InChI is InChI=1S/C25H23F3N4O3.C7H8O3S/c26-25(27,28)35-23-11-6-20(7-12-23)8-13-24-30-21(18-34-24)17-33-22-9-4-19(5-10-22)3-1-2-15-32-16-14-29-31-32;1-6-2-4-7(5-3-6)11(8,9)10/h4-14,16,18H,1-3,15,17H2;2-5H,1H3,(H,8,9,10)/b13-8+;. The van der Waals surface area contributed by atoms with E-state index in [0.717, 1.165) is 37.1 Å². The van der Waals surface area contributed by atoms with E-state index in [0.29, 0.717) is 17.1 Å². The molecule has 0 bridgehead atoms. The third-order valence-corrected chi connectivity index (χ3v) is 7.17. The molecule has 5 aromatic rings. The number of halogens is 3. The molecule has 0 aliphatic heterocycles. The maximum Gasteiger partial charge on any atom is 0.573 e. The van der Waals surface area contributed by atoms with Gasteiger partial charge in [-0.2, -0.15) is 8.42 Å². The molecule has 0 atom stereocenters. The maximum absolute atomic E-state index is 12.2. The normalized spacial score (nSPS) is 11.7. The lowest BCUT2D eigenvalue weighted by atomic mass is 10.1. The molecule has 10 nitrogen and oxygen atoms in total. The third-order valence-electron chi connectivity index (χ3n) is 6.31. The predicted octanol–water partition coefficient (Wildman–Crippen LogP) is 7.18. The summed E-state index contributed by atoms with van der Waals surface area (Å²) in [6, 6.07) is 19.4. The molecule has 14 heteroatoms. The summed E-state index contributed by atoms with van der Waals surface area (Å²) in [4.78, 5) is 4.26. The molecule has 2 aromatic heterocycles. The summed E-state index contributed by atoms with van der Waals surface area (Å²) in [5.41, 5.74) is 3.49. The molecule has 0 aliphatic carbocycles. The van der Waals surface area contributed by atoms with E-state index in [1.807, 2.05) is 42.1 Å². The lowest BCUT2D eigenvalue weighted by molar-refractivity contribution is -0.274. The molecule has 3 aromatic carbocycles. The summed E-state index contributed by atoms with van der Waals surface area (Å²) in [6.07, 6.45) is 6.70. The number of rotatable bonds is 12. The van der Waals surface area contributed by atoms with Crippen LogP contribution in [-0.2, 0) is 29.7 Å².